The predicted molar refractivity (Wildman–Crippen MR) is 89.1 cm³/mol. The lowest BCUT2D eigenvalue weighted by atomic mass is 10.0. The minimum absolute atomic E-state index is 0.0110. The summed E-state index contributed by atoms with van der Waals surface area (Å²) in [7, 11) is 0. The molecule has 0 spiro atoms. The molecule has 3 amide bonds. The monoisotopic (exact) mass is 347 g/mol. The van der Waals surface area contributed by atoms with Gasteiger partial charge in [-0.1, -0.05) is 0 Å². The fourth-order valence-electron chi connectivity index (χ4n) is 3.74. The van der Waals surface area contributed by atoms with E-state index in [-0.39, 0.29) is 30.6 Å². The summed E-state index contributed by atoms with van der Waals surface area (Å²) in [4.78, 5) is 34.9. The van der Waals surface area contributed by atoms with E-state index in [0.29, 0.717) is 5.92 Å². The Morgan fingerprint density at radius 1 is 0.958 bits per heavy atom. The molecule has 2 aliphatic carbocycles. The van der Waals surface area contributed by atoms with Gasteiger partial charge in [-0.3, -0.25) is 9.69 Å². The highest BCUT2D eigenvalue weighted by Crippen LogP contribution is 2.40. The number of imide groups is 1. The largest absolute Gasteiger partial charge is 0.347 e. The average molecular weight is 347 g/mol. The molecule has 128 valence electrons. The maximum Gasteiger partial charge on any atom is 0.327 e. The first-order valence-corrected chi connectivity index (χ1v) is 9.69. The predicted octanol–water partition coefficient (Wildman–Crippen LogP) is 1.81. The van der Waals surface area contributed by atoms with Crippen LogP contribution in [-0.2, 0) is 4.79 Å². The van der Waals surface area contributed by atoms with Crippen molar-refractivity contribution >= 4 is 28.6 Å². The Labute approximate surface area is 144 Å². The first-order valence-electron chi connectivity index (χ1n) is 8.92. The lowest BCUT2D eigenvalue weighted by molar-refractivity contribution is -0.125. The van der Waals surface area contributed by atoms with Crippen LogP contribution in [0, 0.1) is 0 Å². The molecular weight excluding hydrogens is 326 g/mol. The van der Waals surface area contributed by atoms with E-state index in [1.165, 1.54) is 29.3 Å². The van der Waals surface area contributed by atoms with Crippen molar-refractivity contribution in [3.05, 3.63) is 5.82 Å². The Bertz CT molecular complexity index is 676. The van der Waals surface area contributed by atoms with E-state index in [4.69, 9.17) is 0 Å². The first-order chi connectivity index (χ1) is 11.7. The van der Waals surface area contributed by atoms with Gasteiger partial charge in [0, 0.05) is 42.6 Å². The van der Waals surface area contributed by atoms with Gasteiger partial charge in [0.1, 0.15) is 12.4 Å². The van der Waals surface area contributed by atoms with Crippen molar-refractivity contribution < 1.29 is 9.59 Å². The summed E-state index contributed by atoms with van der Waals surface area (Å²) < 4.78 is 4.48. The molecule has 5 rings (SSSR count). The summed E-state index contributed by atoms with van der Waals surface area (Å²) in [5, 5.41) is 1.01. The number of amides is 3. The van der Waals surface area contributed by atoms with Gasteiger partial charge in [0.2, 0.25) is 5.13 Å². The van der Waals surface area contributed by atoms with E-state index in [0.717, 1.165) is 49.7 Å². The van der Waals surface area contributed by atoms with Crippen LogP contribution in [0.5, 0.6) is 0 Å². The van der Waals surface area contributed by atoms with Crippen LogP contribution in [0.2, 0.25) is 0 Å². The van der Waals surface area contributed by atoms with E-state index in [9.17, 15) is 9.59 Å². The molecule has 4 fully saturated rings. The van der Waals surface area contributed by atoms with Gasteiger partial charge in [-0.05, 0) is 38.5 Å². The normalized spacial score (nSPS) is 25.9. The van der Waals surface area contributed by atoms with Crippen molar-refractivity contribution in [3.63, 3.8) is 0 Å². The second-order valence-electron chi connectivity index (χ2n) is 7.33. The summed E-state index contributed by atoms with van der Waals surface area (Å²) in [6.07, 6.45) is 6.20. The molecule has 2 saturated carbocycles. The van der Waals surface area contributed by atoms with Crippen molar-refractivity contribution in [1.29, 1.82) is 0 Å². The number of carbonyl (C=O) groups excluding carboxylic acids is 2. The van der Waals surface area contributed by atoms with Gasteiger partial charge in [-0.2, -0.15) is 4.37 Å². The quantitative estimate of drug-likeness (QED) is 0.777. The zero-order valence-corrected chi connectivity index (χ0v) is 14.4. The van der Waals surface area contributed by atoms with Crippen LogP contribution in [0.1, 0.15) is 50.3 Å². The van der Waals surface area contributed by atoms with Crippen LogP contribution in [0.15, 0.2) is 0 Å². The van der Waals surface area contributed by atoms with Crippen LogP contribution in [0.3, 0.4) is 0 Å². The highest BCUT2D eigenvalue weighted by Gasteiger charge is 2.47. The van der Waals surface area contributed by atoms with Gasteiger partial charge in [-0.25, -0.2) is 9.78 Å². The van der Waals surface area contributed by atoms with Crippen molar-refractivity contribution in [1.82, 2.24) is 19.2 Å². The van der Waals surface area contributed by atoms with E-state index in [1.807, 2.05) is 0 Å². The van der Waals surface area contributed by atoms with Gasteiger partial charge < -0.3 is 9.80 Å². The summed E-state index contributed by atoms with van der Waals surface area (Å²) in [6, 6.07) is 0.294. The third-order valence-electron chi connectivity index (χ3n) is 5.49. The molecule has 4 aliphatic rings. The maximum absolute atomic E-state index is 12.5. The fourth-order valence-corrected chi connectivity index (χ4v) is 4.54. The lowest BCUT2D eigenvalue weighted by Gasteiger charge is -2.35. The second kappa shape index (κ2) is 5.40. The number of aromatic nitrogens is 2. The van der Waals surface area contributed by atoms with Crippen LogP contribution >= 0.6 is 11.5 Å². The zero-order valence-electron chi connectivity index (χ0n) is 13.6. The van der Waals surface area contributed by atoms with E-state index >= 15 is 0 Å². The summed E-state index contributed by atoms with van der Waals surface area (Å²) in [6.45, 7) is 2.03. The number of rotatable bonds is 4. The number of urea groups is 1. The number of nitrogens with zero attached hydrogens (tertiary/aromatic N) is 5. The van der Waals surface area contributed by atoms with Crippen LogP contribution in [0.25, 0.3) is 0 Å². The Kier molecular flexibility index (Phi) is 3.29. The number of carbonyl (C=O) groups is 2. The Balaban J connectivity index is 1.22. The maximum atomic E-state index is 12.5. The first kappa shape index (κ1) is 14.6. The summed E-state index contributed by atoms with van der Waals surface area (Å²) >= 11 is 1.49. The van der Waals surface area contributed by atoms with E-state index < -0.39 is 0 Å². The third kappa shape index (κ3) is 2.47. The fraction of sp³-hybridized carbons (Fsp3) is 0.750. The molecule has 1 aromatic heterocycles. The molecule has 24 heavy (non-hydrogen) atoms. The van der Waals surface area contributed by atoms with Crippen molar-refractivity contribution in [2.45, 2.75) is 56.5 Å². The Morgan fingerprint density at radius 3 is 2.38 bits per heavy atom. The lowest BCUT2D eigenvalue weighted by Crippen LogP contribution is -2.46. The van der Waals surface area contributed by atoms with E-state index in [2.05, 4.69) is 14.3 Å². The van der Waals surface area contributed by atoms with Gasteiger partial charge in [0.15, 0.2) is 0 Å². The van der Waals surface area contributed by atoms with Crippen LogP contribution < -0.4 is 4.90 Å². The SMILES string of the molecule is O=C1CN(C2CCN(c3nc(C4CC4)ns3)CC2)C(=O)N1C1CC1. The van der Waals surface area contributed by atoms with Crippen molar-refractivity contribution in [2.24, 2.45) is 0 Å². The molecule has 0 atom stereocenters. The molecule has 0 bridgehead atoms. The minimum atomic E-state index is -0.0621. The molecule has 0 radical (unpaired) electrons. The number of hydrogen-bond acceptors (Lipinski definition) is 6. The van der Waals surface area contributed by atoms with Crippen molar-refractivity contribution in [2.75, 3.05) is 24.5 Å². The molecule has 7 nitrogen and oxygen atoms in total. The molecule has 2 aliphatic heterocycles. The standard InChI is InChI=1S/C16H21N5O2S/c22-13-9-20(16(23)21(13)12-3-4-12)11-5-7-19(8-6-11)15-17-14(18-24-15)10-1-2-10/h10-12H,1-9H2. The smallest absolute Gasteiger partial charge is 0.327 e. The van der Waals surface area contributed by atoms with E-state index in [1.54, 1.807) is 4.90 Å². The molecule has 0 N–H and O–H groups in total. The van der Waals surface area contributed by atoms with Crippen LogP contribution in [-0.4, -0.2) is 62.8 Å². The van der Waals surface area contributed by atoms with Gasteiger partial charge in [-0.15, -0.1) is 0 Å². The highest BCUT2D eigenvalue weighted by molar-refractivity contribution is 7.09. The topological polar surface area (TPSA) is 69.6 Å². The van der Waals surface area contributed by atoms with Crippen molar-refractivity contribution in [3.8, 4) is 0 Å². The summed E-state index contributed by atoms with van der Waals surface area (Å²) in [5.74, 6) is 1.59. The van der Waals surface area contributed by atoms with Gasteiger partial charge >= 0.3 is 6.03 Å². The molecule has 8 heteroatoms. The van der Waals surface area contributed by atoms with Gasteiger partial charge in [0.05, 0.1) is 0 Å². The Hall–Kier alpha value is -1.70. The highest BCUT2D eigenvalue weighted by atomic mass is 32.1. The summed E-state index contributed by atoms with van der Waals surface area (Å²) in [5.41, 5.74) is 0. The number of anilines is 1. The number of piperidine rings is 1. The molecule has 3 heterocycles. The zero-order chi connectivity index (χ0) is 16.3. The molecular formula is C16H21N5O2S. The third-order valence-corrected chi connectivity index (χ3v) is 6.28. The second-order valence-corrected chi connectivity index (χ2v) is 8.06. The van der Waals surface area contributed by atoms with Gasteiger partial charge in [0.25, 0.3) is 5.91 Å². The molecule has 1 aromatic rings. The number of hydrogen-bond donors (Lipinski definition) is 0. The Morgan fingerprint density at radius 2 is 1.71 bits per heavy atom. The average Bonchev–Trinajstić information content (AvgIpc) is 3.52. The molecule has 0 aromatic carbocycles. The molecule has 0 unspecified atom stereocenters. The minimum Gasteiger partial charge on any atom is -0.347 e. The van der Waals surface area contributed by atoms with Crippen LogP contribution in [0.4, 0.5) is 9.93 Å². The molecule has 2 saturated heterocycles.